The lowest BCUT2D eigenvalue weighted by Gasteiger charge is -2.57. The average Bonchev–Trinajstić information content (AvgIpc) is 4.35. The van der Waals surface area contributed by atoms with Crippen molar-refractivity contribution in [3.63, 3.8) is 0 Å². The number of Topliss-reactive ketones (excluding diaryl/α,β-unsaturated/α-hetero) is 2. The minimum Gasteiger partial charge on any atom is -0.388 e. The molecule has 12 aliphatic carbocycles. The first kappa shape index (κ1) is 62.5. The Hall–Kier alpha value is -1.52. The summed E-state index contributed by atoms with van der Waals surface area (Å²) >= 11 is 0. The van der Waals surface area contributed by atoms with Crippen LogP contribution in [0.4, 0.5) is 17.6 Å². The van der Waals surface area contributed by atoms with Crippen molar-refractivity contribution >= 4 is 19.4 Å². The quantitative estimate of drug-likeness (QED) is 0.167. The van der Waals surface area contributed by atoms with E-state index in [1.54, 1.807) is 18.1 Å². The maximum atomic E-state index is 13.3. The molecule has 13 unspecified atom stereocenters. The summed E-state index contributed by atoms with van der Waals surface area (Å²) < 4.78 is 57.9. The first-order chi connectivity index (χ1) is 36.2. The Morgan fingerprint density at radius 3 is 1.42 bits per heavy atom. The third-order valence-electron chi connectivity index (χ3n) is 26.5. The van der Waals surface area contributed by atoms with Crippen molar-refractivity contribution in [2.75, 3.05) is 6.61 Å². The second-order valence-electron chi connectivity index (χ2n) is 29.3. The van der Waals surface area contributed by atoms with E-state index in [4.69, 9.17) is 12.6 Å². The zero-order valence-electron chi connectivity index (χ0n) is 48.0. The van der Waals surface area contributed by atoms with E-state index in [-0.39, 0.29) is 50.9 Å². The van der Waals surface area contributed by atoms with Crippen molar-refractivity contribution in [3.05, 3.63) is 23.3 Å². The number of hydrogen-bond donors (Lipinski definition) is 2. The van der Waals surface area contributed by atoms with Gasteiger partial charge in [0.15, 0.2) is 0 Å². The standard InChI is InChI=1S/C21H32F2O2.C21H32F2O.C20H30O.C4H7BO.2CH4/c1-12(24)17-5-6-18-16-4-3-13-11-21(25,19(22)23)10-8-14(13)15(16)7-9-20(17,18)2;1-3-14-5-7-18-17-6-4-13-12-21(24,19(22)23)11-9-15(13)16(17)8-10-20(14,18)2;1-3-14-5-9-19-18-7-4-13-12-15(21)6-8-16(13)17(18)10-11-20(14,19)2;5-4-2-1-3-6-4;;/h13-19,25H,3-11H2,1-2H3;3,13,15-19,24H,4-12H2,1-2H3;3,13,16-19H,4-12H2,1-2H3;4H,1-3H2;2*1H4/t13?,14-,15?,16?,17+,18?,20+,21+;13?,15-,16?,17?,18?,20+,21+;13?,16-,17?,18?,19?,20+;;;/m000.../s1. The molecule has 0 aromatic rings. The second kappa shape index (κ2) is 24.6. The van der Waals surface area contributed by atoms with Gasteiger partial charge >= 0.3 is 0 Å². The number of ether oxygens (including phenoxy) is 1. The van der Waals surface area contributed by atoms with Crippen LogP contribution in [0, 0.1) is 111 Å². The van der Waals surface area contributed by atoms with E-state index in [2.05, 4.69) is 46.8 Å². The summed E-state index contributed by atoms with van der Waals surface area (Å²) in [6, 6.07) is 0.0463. The lowest BCUT2D eigenvalue weighted by Crippen LogP contribution is -2.52. The van der Waals surface area contributed by atoms with Crippen LogP contribution in [-0.2, 0) is 14.3 Å². The van der Waals surface area contributed by atoms with E-state index >= 15 is 0 Å². The molecule has 0 amide bonds. The van der Waals surface area contributed by atoms with Crippen LogP contribution in [0.15, 0.2) is 23.3 Å². The molecule has 12 saturated carbocycles. The normalized spacial score (nSPS) is 49.6. The van der Waals surface area contributed by atoms with Crippen LogP contribution >= 0.6 is 0 Å². The number of alkyl halides is 4. The fraction of sp³-hybridized carbons (Fsp3) is 0.912. The molecule has 1 saturated heterocycles. The first-order valence-electron chi connectivity index (χ1n) is 31.9. The molecule has 2 N–H and O–H groups in total. The molecule has 2 radical (unpaired) electrons. The predicted octanol–water partition coefficient (Wildman–Crippen LogP) is 17.1. The Kier molecular flexibility index (Phi) is 19.7. The fourth-order valence-electron chi connectivity index (χ4n) is 22.8. The van der Waals surface area contributed by atoms with Gasteiger partial charge in [0.1, 0.15) is 30.6 Å². The van der Waals surface area contributed by atoms with Crippen LogP contribution < -0.4 is 0 Å². The minimum absolute atomic E-state index is 0. The highest BCUT2D eigenvalue weighted by Crippen LogP contribution is 2.68. The Labute approximate surface area is 473 Å². The molecule has 1 aliphatic heterocycles. The van der Waals surface area contributed by atoms with Crippen LogP contribution in [0.5, 0.6) is 0 Å². The molecular weight excluding hydrogens is 984 g/mol. The van der Waals surface area contributed by atoms with Gasteiger partial charge in [0.05, 0.1) is 0 Å². The summed E-state index contributed by atoms with van der Waals surface area (Å²) in [5.74, 6) is 11.6. The molecule has 5 nitrogen and oxygen atoms in total. The lowest BCUT2D eigenvalue weighted by molar-refractivity contribution is -0.160. The molecule has 442 valence electrons. The molecule has 1 heterocycles. The zero-order chi connectivity index (χ0) is 54.1. The number of rotatable bonds is 3. The number of halogens is 4. The Balaban J connectivity index is 0.000000145. The molecule has 0 bridgehead atoms. The van der Waals surface area contributed by atoms with Gasteiger partial charge < -0.3 is 14.9 Å². The zero-order valence-corrected chi connectivity index (χ0v) is 48.0. The molecule has 22 atom stereocenters. The third-order valence-corrected chi connectivity index (χ3v) is 26.5. The molecule has 78 heavy (non-hydrogen) atoms. The van der Waals surface area contributed by atoms with Crippen LogP contribution in [0.1, 0.15) is 243 Å². The molecule has 10 heteroatoms. The highest BCUT2D eigenvalue weighted by Gasteiger charge is 2.61. The highest BCUT2D eigenvalue weighted by atomic mass is 19.3. The van der Waals surface area contributed by atoms with Gasteiger partial charge in [0.2, 0.25) is 0 Å². The number of carbonyl (C=O) groups is 2. The largest absolute Gasteiger partial charge is 0.388 e. The molecular formula is C68H109BF4O5. The number of ketones is 2. The summed E-state index contributed by atoms with van der Waals surface area (Å²) in [4.78, 5) is 23.9. The van der Waals surface area contributed by atoms with Crippen LogP contribution in [0.2, 0.25) is 0 Å². The van der Waals surface area contributed by atoms with Gasteiger partial charge in [-0.2, -0.15) is 0 Å². The average molecular weight is 1090 g/mol. The Morgan fingerprint density at radius 1 is 0.551 bits per heavy atom. The van der Waals surface area contributed by atoms with E-state index in [1.807, 2.05) is 0 Å². The monoisotopic (exact) mass is 1090 g/mol. The summed E-state index contributed by atoms with van der Waals surface area (Å²) in [7, 11) is 5.31. The maximum Gasteiger partial charge on any atom is 0.266 e. The fourth-order valence-corrected chi connectivity index (χ4v) is 22.8. The Bertz CT molecular complexity index is 2130. The number of hydrogen-bond acceptors (Lipinski definition) is 5. The van der Waals surface area contributed by atoms with Gasteiger partial charge in [0, 0.05) is 31.4 Å². The van der Waals surface area contributed by atoms with Crippen molar-refractivity contribution in [1.29, 1.82) is 0 Å². The number of fused-ring (bicyclic) bond motifs is 15. The molecule has 13 fully saturated rings. The number of aliphatic hydroxyl groups is 2. The molecule has 0 aromatic heterocycles. The highest BCUT2D eigenvalue weighted by molar-refractivity contribution is 6.11. The second-order valence-corrected chi connectivity index (χ2v) is 29.3. The van der Waals surface area contributed by atoms with Gasteiger partial charge in [-0.3, -0.25) is 9.59 Å². The van der Waals surface area contributed by atoms with Crippen molar-refractivity contribution in [2.45, 2.75) is 273 Å². The van der Waals surface area contributed by atoms with Gasteiger partial charge in [-0.25, -0.2) is 17.6 Å². The summed E-state index contributed by atoms with van der Waals surface area (Å²) in [5, 5.41) is 20.6. The molecule has 0 aromatic carbocycles. The molecule has 0 spiro atoms. The molecule has 13 rings (SSSR count). The van der Waals surface area contributed by atoms with E-state index < -0.39 is 24.1 Å². The minimum atomic E-state index is -2.62. The number of allylic oxidation sites excluding steroid dienone is 4. The van der Waals surface area contributed by atoms with E-state index in [0.29, 0.717) is 70.7 Å². The topological polar surface area (TPSA) is 83.8 Å². The van der Waals surface area contributed by atoms with Gasteiger partial charge in [0.25, 0.3) is 12.9 Å². The van der Waals surface area contributed by atoms with Gasteiger partial charge in [-0.15, -0.1) is 0 Å². The van der Waals surface area contributed by atoms with Crippen molar-refractivity contribution < 1.29 is 42.1 Å². The van der Waals surface area contributed by atoms with E-state index in [9.17, 15) is 37.4 Å². The summed E-state index contributed by atoms with van der Waals surface area (Å²) in [5.41, 5.74) is 1.06. The van der Waals surface area contributed by atoms with Crippen LogP contribution in [0.3, 0.4) is 0 Å². The third kappa shape index (κ3) is 11.3. The van der Waals surface area contributed by atoms with Crippen LogP contribution in [0.25, 0.3) is 0 Å². The first-order valence-corrected chi connectivity index (χ1v) is 31.9. The van der Waals surface area contributed by atoms with Gasteiger partial charge in [-0.1, -0.05) is 58.9 Å². The summed E-state index contributed by atoms with van der Waals surface area (Å²) in [6.07, 6.45) is 29.9. The summed E-state index contributed by atoms with van der Waals surface area (Å²) in [6.45, 7) is 14.5. The van der Waals surface area contributed by atoms with Crippen LogP contribution in [-0.4, -0.2) is 66.3 Å². The Morgan fingerprint density at radius 2 is 1.00 bits per heavy atom. The lowest BCUT2D eigenvalue weighted by atomic mass is 9.49. The maximum absolute atomic E-state index is 13.3. The molecule has 13 aliphatic rings. The van der Waals surface area contributed by atoms with E-state index in [0.717, 1.165) is 131 Å². The predicted molar refractivity (Wildman–Crippen MR) is 308 cm³/mol. The van der Waals surface area contributed by atoms with Crippen molar-refractivity contribution in [3.8, 4) is 0 Å². The van der Waals surface area contributed by atoms with E-state index in [1.165, 1.54) is 83.5 Å². The van der Waals surface area contributed by atoms with Crippen molar-refractivity contribution in [2.24, 2.45) is 111 Å². The van der Waals surface area contributed by atoms with Crippen molar-refractivity contribution in [1.82, 2.24) is 0 Å². The number of carbonyl (C=O) groups excluding carboxylic acids is 2. The SMILES string of the molecule is C.C.CC(=O)[C@H]1CCC2C3CCC4C[C@@](O)(C(F)F)CC[C@@H]4C3CC[C@@]21C.CC=C1CCC2C3CCC4CC(=O)CC[C@@H]4C3CC[C@]12C.CC=C1CCC2C3CCC4C[C@@](O)(C(F)F)CC[C@@H]4C3CC[C@]12C.[B]C1CCCO1. The smallest absolute Gasteiger partial charge is 0.266 e. The van der Waals surface area contributed by atoms with Gasteiger partial charge in [-0.05, 0) is 299 Å².